The Bertz CT molecular complexity index is 327. The first kappa shape index (κ1) is 11.7. The number of carbonyl (C=O) groups excluding carboxylic acids is 1. The van der Waals surface area contributed by atoms with Crippen LogP contribution in [0.5, 0.6) is 0 Å². The van der Waals surface area contributed by atoms with Crippen molar-refractivity contribution in [1.82, 2.24) is 5.32 Å². The number of hydrogen-bond donors (Lipinski definition) is 1. The van der Waals surface area contributed by atoms with Crippen LogP contribution < -0.4 is 5.32 Å². The maximum absolute atomic E-state index is 11.4. The summed E-state index contributed by atoms with van der Waals surface area (Å²) in [5, 5.41) is 13.1. The van der Waals surface area contributed by atoms with Crippen LogP contribution in [0.3, 0.4) is 0 Å². The van der Waals surface area contributed by atoms with Crippen molar-refractivity contribution in [3.8, 4) is 6.07 Å². The van der Waals surface area contributed by atoms with Gasteiger partial charge in [-0.05, 0) is 24.3 Å². The Balaban J connectivity index is 2.07. The molecule has 0 spiro atoms. The lowest BCUT2D eigenvalue weighted by Crippen LogP contribution is -2.25. The van der Waals surface area contributed by atoms with Gasteiger partial charge in [0.15, 0.2) is 0 Å². The van der Waals surface area contributed by atoms with E-state index in [1.807, 2.05) is 17.5 Å². The standard InChI is InChI=1S/C11H14N2OS/c12-6-2-1-3-7-13-11(14)9-10-5-4-8-15-10/h4-5,8H,1-3,7,9H2,(H,13,14). The van der Waals surface area contributed by atoms with Crippen LogP contribution in [-0.2, 0) is 11.2 Å². The van der Waals surface area contributed by atoms with Crippen molar-refractivity contribution in [2.75, 3.05) is 6.54 Å². The zero-order valence-corrected chi connectivity index (χ0v) is 9.35. The minimum absolute atomic E-state index is 0.0643. The summed E-state index contributed by atoms with van der Waals surface area (Å²) in [5.41, 5.74) is 0. The maximum Gasteiger partial charge on any atom is 0.225 e. The Morgan fingerprint density at radius 2 is 2.40 bits per heavy atom. The number of nitrogens with zero attached hydrogens (tertiary/aromatic N) is 1. The normalized spacial score (nSPS) is 9.53. The predicted octanol–water partition coefficient (Wildman–Crippen LogP) is 2.10. The van der Waals surface area contributed by atoms with Gasteiger partial charge in [-0.1, -0.05) is 6.07 Å². The molecule has 1 aromatic heterocycles. The second kappa shape index (κ2) is 7.02. The Kier molecular flexibility index (Phi) is 5.49. The van der Waals surface area contributed by atoms with Gasteiger partial charge >= 0.3 is 0 Å². The van der Waals surface area contributed by atoms with Crippen LogP contribution in [-0.4, -0.2) is 12.5 Å². The number of nitriles is 1. The summed E-state index contributed by atoms with van der Waals surface area (Å²) >= 11 is 1.59. The summed E-state index contributed by atoms with van der Waals surface area (Å²) in [7, 11) is 0. The molecular formula is C11H14N2OS. The van der Waals surface area contributed by atoms with Crippen LogP contribution in [0.15, 0.2) is 17.5 Å². The summed E-state index contributed by atoms with van der Waals surface area (Å²) in [6.07, 6.45) is 2.77. The van der Waals surface area contributed by atoms with Crippen molar-refractivity contribution < 1.29 is 4.79 Å². The molecule has 80 valence electrons. The van der Waals surface area contributed by atoms with Crippen LogP contribution in [0.2, 0.25) is 0 Å². The third-order valence-electron chi connectivity index (χ3n) is 1.95. The largest absolute Gasteiger partial charge is 0.356 e. The van der Waals surface area contributed by atoms with Gasteiger partial charge in [-0.2, -0.15) is 5.26 Å². The van der Waals surface area contributed by atoms with Crippen molar-refractivity contribution >= 4 is 17.2 Å². The summed E-state index contributed by atoms with van der Waals surface area (Å²) in [5.74, 6) is 0.0643. The Labute approximate surface area is 93.7 Å². The van der Waals surface area contributed by atoms with Crippen LogP contribution in [0.1, 0.15) is 24.1 Å². The number of thiophene rings is 1. The minimum atomic E-state index is 0.0643. The maximum atomic E-state index is 11.4. The Morgan fingerprint density at radius 1 is 1.53 bits per heavy atom. The monoisotopic (exact) mass is 222 g/mol. The molecular weight excluding hydrogens is 208 g/mol. The van der Waals surface area contributed by atoms with Gasteiger partial charge in [0.2, 0.25) is 5.91 Å². The van der Waals surface area contributed by atoms with Crippen LogP contribution in [0, 0.1) is 11.3 Å². The van der Waals surface area contributed by atoms with E-state index in [1.165, 1.54) is 0 Å². The molecule has 0 unspecified atom stereocenters. The molecule has 0 radical (unpaired) electrons. The van der Waals surface area contributed by atoms with Gasteiger partial charge < -0.3 is 5.32 Å². The molecule has 0 fully saturated rings. The zero-order chi connectivity index (χ0) is 10.9. The first-order chi connectivity index (χ1) is 7.33. The van der Waals surface area contributed by atoms with Gasteiger partial charge in [0.25, 0.3) is 0 Å². The first-order valence-corrected chi connectivity index (χ1v) is 5.87. The summed E-state index contributed by atoms with van der Waals surface area (Å²) in [6.45, 7) is 0.673. The number of nitrogens with one attached hydrogen (secondary N) is 1. The molecule has 1 aromatic rings. The van der Waals surface area contributed by atoms with E-state index >= 15 is 0 Å². The lowest BCUT2D eigenvalue weighted by atomic mass is 10.2. The fourth-order valence-corrected chi connectivity index (χ4v) is 1.89. The molecule has 0 atom stereocenters. The second-order valence-corrected chi connectivity index (χ2v) is 4.25. The van der Waals surface area contributed by atoms with Crippen LogP contribution in [0.25, 0.3) is 0 Å². The van der Waals surface area contributed by atoms with Gasteiger partial charge in [0, 0.05) is 17.8 Å². The van der Waals surface area contributed by atoms with Crippen molar-refractivity contribution in [3.63, 3.8) is 0 Å². The van der Waals surface area contributed by atoms with E-state index in [0.717, 1.165) is 17.7 Å². The molecule has 4 heteroatoms. The highest BCUT2D eigenvalue weighted by molar-refractivity contribution is 7.10. The van der Waals surface area contributed by atoms with Gasteiger partial charge in [0.1, 0.15) is 0 Å². The van der Waals surface area contributed by atoms with Crippen molar-refractivity contribution in [3.05, 3.63) is 22.4 Å². The van der Waals surface area contributed by atoms with Gasteiger partial charge in [0.05, 0.1) is 12.5 Å². The molecule has 0 aliphatic rings. The SMILES string of the molecule is N#CCCCCNC(=O)Cc1cccs1. The highest BCUT2D eigenvalue weighted by atomic mass is 32.1. The number of unbranched alkanes of at least 4 members (excludes halogenated alkanes) is 2. The average Bonchev–Trinajstić information content (AvgIpc) is 2.70. The van der Waals surface area contributed by atoms with Gasteiger partial charge in [-0.15, -0.1) is 11.3 Å². The van der Waals surface area contributed by atoms with Crippen LogP contribution in [0.4, 0.5) is 0 Å². The molecule has 1 amide bonds. The first-order valence-electron chi connectivity index (χ1n) is 4.99. The summed E-state index contributed by atoms with van der Waals surface area (Å²) in [4.78, 5) is 12.5. The quantitative estimate of drug-likeness (QED) is 0.749. The van der Waals surface area contributed by atoms with Crippen molar-refractivity contribution in [1.29, 1.82) is 5.26 Å². The number of rotatable bonds is 6. The fourth-order valence-electron chi connectivity index (χ4n) is 1.19. The van der Waals surface area contributed by atoms with E-state index < -0.39 is 0 Å². The lowest BCUT2D eigenvalue weighted by molar-refractivity contribution is -0.120. The van der Waals surface area contributed by atoms with Gasteiger partial charge in [-0.3, -0.25) is 4.79 Å². The van der Waals surface area contributed by atoms with Crippen molar-refractivity contribution in [2.24, 2.45) is 0 Å². The molecule has 0 bridgehead atoms. The molecule has 0 saturated heterocycles. The summed E-state index contributed by atoms with van der Waals surface area (Å²) in [6, 6.07) is 5.98. The van der Waals surface area contributed by atoms with Gasteiger partial charge in [-0.25, -0.2) is 0 Å². The lowest BCUT2D eigenvalue weighted by Gasteiger charge is -2.02. The number of carbonyl (C=O) groups is 1. The molecule has 0 aromatic carbocycles. The highest BCUT2D eigenvalue weighted by Crippen LogP contribution is 2.08. The van der Waals surface area contributed by atoms with E-state index in [9.17, 15) is 4.79 Å². The molecule has 1 rings (SSSR count). The molecule has 0 aliphatic heterocycles. The van der Waals surface area contributed by atoms with E-state index in [0.29, 0.717) is 19.4 Å². The van der Waals surface area contributed by atoms with Crippen molar-refractivity contribution in [2.45, 2.75) is 25.7 Å². The molecule has 0 saturated carbocycles. The Morgan fingerprint density at radius 3 is 3.07 bits per heavy atom. The van der Waals surface area contributed by atoms with E-state index in [1.54, 1.807) is 11.3 Å². The number of hydrogen-bond acceptors (Lipinski definition) is 3. The smallest absolute Gasteiger partial charge is 0.225 e. The minimum Gasteiger partial charge on any atom is -0.356 e. The van der Waals surface area contributed by atoms with E-state index in [-0.39, 0.29) is 5.91 Å². The van der Waals surface area contributed by atoms with E-state index in [2.05, 4.69) is 11.4 Å². The molecule has 3 nitrogen and oxygen atoms in total. The second-order valence-electron chi connectivity index (χ2n) is 3.22. The third kappa shape index (κ3) is 5.18. The van der Waals surface area contributed by atoms with E-state index in [4.69, 9.17) is 5.26 Å². The zero-order valence-electron chi connectivity index (χ0n) is 8.53. The number of amides is 1. The van der Waals surface area contributed by atoms with Crippen LogP contribution >= 0.6 is 11.3 Å². The Hall–Kier alpha value is -1.34. The molecule has 15 heavy (non-hydrogen) atoms. The fraction of sp³-hybridized carbons (Fsp3) is 0.455. The molecule has 1 N–H and O–H groups in total. The third-order valence-corrected chi connectivity index (χ3v) is 2.83. The average molecular weight is 222 g/mol. The highest BCUT2D eigenvalue weighted by Gasteiger charge is 2.02. The topological polar surface area (TPSA) is 52.9 Å². The predicted molar refractivity (Wildman–Crippen MR) is 60.5 cm³/mol. The molecule has 0 aliphatic carbocycles. The summed E-state index contributed by atoms with van der Waals surface area (Å²) < 4.78 is 0. The molecule has 1 heterocycles.